The Morgan fingerprint density at radius 1 is 0.739 bits per heavy atom. The summed E-state index contributed by atoms with van der Waals surface area (Å²) in [6, 6.07) is 41.0. The van der Waals surface area contributed by atoms with Crippen LogP contribution in [0.5, 0.6) is 5.75 Å². The summed E-state index contributed by atoms with van der Waals surface area (Å²) < 4.78 is 5.79. The number of ether oxygens (including phenoxy) is 1. The van der Waals surface area contributed by atoms with Gasteiger partial charge in [0.15, 0.2) is 6.61 Å². The highest BCUT2D eigenvalue weighted by atomic mass is 16.6. The molecule has 6 rings (SSSR count). The first-order chi connectivity index (χ1) is 22.5. The van der Waals surface area contributed by atoms with Crippen molar-refractivity contribution in [2.75, 3.05) is 11.5 Å². The number of carbonyl (C=O) groups excluding carboxylic acids is 2. The average molecular weight is 613 g/mol. The van der Waals surface area contributed by atoms with Gasteiger partial charge in [-0.15, -0.1) is 0 Å². The lowest BCUT2D eigenvalue weighted by atomic mass is 9.98. The van der Waals surface area contributed by atoms with Crippen LogP contribution in [-0.2, 0) is 24.4 Å². The Morgan fingerprint density at radius 3 is 1.89 bits per heavy atom. The minimum atomic E-state index is -0.537. The van der Waals surface area contributed by atoms with Gasteiger partial charge in [0.25, 0.3) is 17.5 Å². The van der Waals surface area contributed by atoms with Crippen molar-refractivity contribution in [3.05, 3.63) is 171 Å². The molecule has 0 spiro atoms. The monoisotopic (exact) mass is 612 g/mol. The van der Waals surface area contributed by atoms with Gasteiger partial charge < -0.3 is 19.9 Å². The van der Waals surface area contributed by atoms with Crippen LogP contribution in [0.2, 0.25) is 0 Å². The summed E-state index contributed by atoms with van der Waals surface area (Å²) in [6.45, 7) is 1.02. The molecule has 0 saturated heterocycles. The number of carbonyl (C=O) groups is 2. The Morgan fingerprint density at radius 2 is 1.30 bits per heavy atom. The van der Waals surface area contributed by atoms with Gasteiger partial charge in [-0.2, -0.15) is 0 Å². The van der Waals surface area contributed by atoms with Crippen molar-refractivity contribution in [2.24, 2.45) is 0 Å². The van der Waals surface area contributed by atoms with E-state index in [1.54, 1.807) is 23.1 Å². The fourth-order valence-corrected chi connectivity index (χ4v) is 5.61. The fourth-order valence-electron chi connectivity index (χ4n) is 5.61. The summed E-state index contributed by atoms with van der Waals surface area (Å²) in [5.74, 6) is -0.0205. The second kappa shape index (κ2) is 13.8. The van der Waals surface area contributed by atoms with Crippen LogP contribution in [0, 0.1) is 10.1 Å². The van der Waals surface area contributed by atoms with Gasteiger partial charge in [-0.1, -0.05) is 103 Å². The van der Waals surface area contributed by atoms with E-state index in [0.717, 1.165) is 22.3 Å². The van der Waals surface area contributed by atoms with Crippen LogP contribution in [0.3, 0.4) is 0 Å². The SMILES string of the molecule is O=C(COc1ccc([C@H]2N(Cc3ccccc3)C(=O)c3cc([N+](=O)[O-])ccc3N2Cc2ccccc2)cc1)NCc1ccccc1. The summed E-state index contributed by atoms with van der Waals surface area (Å²) in [5.41, 5.74) is 4.52. The third-order valence-corrected chi connectivity index (χ3v) is 7.85. The van der Waals surface area contributed by atoms with Gasteiger partial charge in [0.05, 0.1) is 16.2 Å². The number of amides is 2. The number of benzene rings is 5. The average Bonchev–Trinajstić information content (AvgIpc) is 3.10. The molecule has 1 atom stereocenters. The molecular weight excluding hydrogens is 580 g/mol. The zero-order valence-corrected chi connectivity index (χ0v) is 25.0. The Labute approximate surface area is 266 Å². The highest BCUT2D eigenvalue weighted by molar-refractivity contribution is 6.02. The number of hydrogen-bond donors (Lipinski definition) is 1. The van der Waals surface area contributed by atoms with E-state index >= 15 is 0 Å². The zero-order chi connectivity index (χ0) is 31.9. The standard InChI is InChI=1S/C37H32N4O5/c42-35(38-23-27-10-4-1-5-11-27)26-46-32-19-16-30(17-20-32)36-39(24-28-12-6-2-7-13-28)34-21-18-31(41(44)45)22-33(34)37(43)40(36)25-29-14-8-3-9-15-29/h1-22,36H,23-26H2,(H,38,42)/t36-/m1/s1. The molecule has 1 N–H and O–H groups in total. The van der Waals surface area contributed by atoms with Gasteiger partial charge in [0, 0.05) is 31.8 Å². The van der Waals surface area contributed by atoms with Gasteiger partial charge >= 0.3 is 0 Å². The Bertz CT molecular complexity index is 1820. The van der Waals surface area contributed by atoms with E-state index in [1.807, 2.05) is 103 Å². The van der Waals surface area contributed by atoms with Gasteiger partial charge in [-0.3, -0.25) is 19.7 Å². The van der Waals surface area contributed by atoms with E-state index in [-0.39, 0.29) is 36.2 Å². The summed E-state index contributed by atoms with van der Waals surface area (Å²) in [5, 5.41) is 14.5. The largest absolute Gasteiger partial charge is 0.484 e. The van der Waals surface area contributed by atoms with Crippen molar-refractivity contribution in [1.29, 1.82) is 0 Å². The number of non-ortho nitro benzene ring substituents is 1. The van der Waals surface area contributed by atoms with Crippen LogP contribution < -0.4 is 15.0 Å². The topological polar surface area (TPSA) is 105 Å². The molecule has 9 heteroatoms. The van der Waals surface area contributed by atoms with Crippen molar-refractivity contribution in [2.45, 2.75) is 25.8 Å². The molecule has 1 heterocycles. The zero-order valence-electron chi connectivity index (χ0n) is 25.0. The number of anilines is 1. The minimum Gasteiger partial charge on any atom is -0.484 e. The molecule has 9 nitrogen and oxygen atoms in total. The molecule has 0 aliphatic carbocycles. The smallest absolute Gasteiger partial charge is 0.270 e. The number of nitro benzene ring substituents is 1. The summed E-state index contributed by atoms with van der Waals surface area (Å²) in [7, 11) is 0. The molecule has 0 saturated carbocycles. The normalized spacial score (nSPS) is 14.0. The number of fused-ring (bicyclic) bond motifs is 1. The van der Waals surface area contributed by atoms with Crippen LogP contribution >= 0.6 is 0 Å². The molecule has 230 valence electrons. The van der Waals surface area contributed by atoms with Gasteiger partial charge in [0.2, 0.25) is 0 Å². The van der Waals surface area contributed by atoms with E-state index in [2.05, 4.69) is 10.2 Å². The first kappa shape index (κ1) is 30.1. The second-order valence-electron chi connectivity index (χ2n) is 11.0. The van der Waals surface area contributed by atoms with Gasteiger partial charge in [-0.05, 0) is 40.5 Å². The maximum absolute atomic E-state index is 14.2. The van der Waals surface area contributed by atoms with Crippen molar-refractivity contribution < 1.29 is 19.2 Å². The molecule has 5 aromatic rings. The predicted octanol–water partition coefficient (Wildman–Crippen LogP) is 6.65. The lowest BCUT2D eigenvalue weighted by molar-refractivity contribution is -0.384. The molecule has 0 bridgehead atoms. The number of rotatable bonds is 11. The van der Waals surface area contributed by atoms with E-state index in [1.165, 1.54) is 12.1 Å². The van der Waals surface area contributed by atoms with E-state index in [4.69, 9.17) is 4.74 Å². The number of nitro groups is 1. The fraction of sp³-hybridized carbons (Fsp3) is 0.135. The quantitative estimate of drug-likeness (QED) is 0.132. The van der Waals surface area contributed by atoms with Gasteiger partial charge in [-0.25, -0.2) is 0 Å². The third-order valence-electron chi connectivity index (χ3n) is 7.85. The van der Waals surface area contributed by atoms with Crippen LogP contribution in [-0.4, -0.2) is 28.2 Å². The Balaban J connectivity index is 1.31. The van der Waals surface area contributed by atoms with Gasteiger partial charge in [0.1, 0.15) is 11.9 Å². The summed E-state index contributed by atoms with van der Waals surface area (Å²) >= 11 is 0. The molecular formula is C37H32N4O5. The van der Waals surface area contributed by atoms with Crippen LogP contribution in [0.25, 0.3) is 0 Å². The number of hydrogen-bond acceptors (Lipinski definition) is 6. The summed E-state index contributed by atoms with van der Waals surface area (Å²) in [4.78, 5) is 41.7. The lowest BCUT2D eigenvalue weighted by Crippen LogP contribution is -2.48. The van der Waals surface area contributed by atoms with Crippen molar-refractivity contribution in [3.8, 4) is 5.75 Å². The van der Waals surface area contributed by atoms with E-state index < -0.39 is 11.1 Å². The van der Waals surface area contributed by atoms with E-state index in [0.29, 0.717) is 24.5 Å². The van der Waals surface area contributed by atoms with Crippen LogP contribution in [0.1, 0.15) is 38.8 Å². The lowest BCUT2D eigenvalue weighted by Gasteiger charge is -2.46. The predicted molar refractivity (Wildman–Crippen MR) is 175 cm³/mol. The molecule has 0 aromatic heterocycles. The molecule has 1 aliphatic rings. The van der Waals surface area contributed by atoms with Crippen molar-refractivity contribution in [1.82, 2.24) is 10.2 Å². The van der Waals surface area contributed by atoms with E-state index in [9.17, 15) is 19.7 Å². The first-order valence-corrected chi connectivity index (χ1v) is 14.9. The number of nitrogens with one attached hydrogen (secondary N) is 1. The molecule has 2 amide bonds. The molecule has 0 fully saturated rings. The van der Waals surface area contributed by atoms with Crippen LogP contribution in [0.15, 0.2) is 133 Å². The van der Waals surface area contributed by atoms with Crippen molar-refractivity contribution >= 4 is 23.2 Å². The maximum atomic E-state index is 14.2. The Hall–Kier alpha value is -5.96. The third kappa shape index (κ3) is 6.89. The molecule has 0 unspecified atom stereocenters. The molecule has 46 heavy (non-hydrogen) atoms. The molecule has 5 aromatic carbocycles. The number of nitrogens with zero attached hydrogens (tertiary/aromatic N) is 3. The Kier molecular flexibility index (Phi) is 9.01. The van der Waals surface area contributed by atoms with Crippen molar-refractivity contribution in [3.63, 3.8) is 0 Å². The highest BCUT2D eigenvalue weighted by Gasteiger charge is 2.39. The molecule has 0 radical (unpaired) electrons. The van der Waals surface area contributed by atoms with Crippen LogP contribution in [0.4, 0.5) is 11.4 Å². The summed E-state index contributed by atoms with van der Waals surface area (Å²) in [6.07, 6.45) is -0.537. The maximum Gasteiger partial charge on any atom is 0.270 e. The second-order valence-corrected chi connectivity index (χ2v) is 11.0. The highest BCUT2D eigenvalue weighted by Crippen LogP contribution is 2.42. The minimum absolute atomic E-state index is 0.138. The first-order valence-electron chi connectivity index (χ1n) is 14.9. The molecule has 1 aliphatic heterocycles.